The zero-order valence-electron chi connectivity index (χ0n) is 16.1. The summed E-state index contributed by atoms with van der Waals surface area (Å²) in [6, 6.07) is 11.2. The second-order valence-electron chi connectivity index (χ2n) is 6.36. The minimum absolute atomic E-state index is 0.0344. The van der Waals surface area contributed by atoms with Crippen molar-refractivity contribution in [2.24, 2.45) is 0 Å². The van der Waals surface area contributed by atoms with E-state index in [4.69, 9.17) is 4.74 Å². The Kier molecular flexibility index (Phi) is 6.39. The molecule has 0 aromatic heterocycles. The van der Waals surface area contributed by atoms with Crippen molar-refractivity contribution in [3.63, 3.8) is 0 Å². The largest absolute Gasteiger partial charge is 0.494 e. The van der Waals surface area contributed by atoms with Crippen LogP contribution in [0.3, 0.4) is 0 Å². The first-order valence-corrected chi connectivity index (χ1v) is 8.70. The molecule has 1 N–H and O–H groups in total. The van der Waals surface area contributed by atoms with E-state index in [-0.39, 0.29) is 18.4 Å². The van der Waals surface area contributed by atoms with Crippen LogP contribution in [-0.2, 0) is 9.59 Å². The van der Waals surface area contributed by atoms with E-state index in [9.17, 15) is 9.59 Å². The molecule has 2 rings (SSSR count). The number of aryl methyl sites for hydroxylation is 3. The maximum absolute atomic E-state index is 12.5. The van der Waals surface area contributed by atoms with Crippen LogP contribution in [0.4, 0.5) is 11.4 Å². The molecule has 2 amide bonds. The summed E-state index contributed by atoms with van der Waals surface area (Å²) in [5.74, 6) is 0.340. The highest BCUT2D eigenvalue weighted by atomic mass is 16.5. The van der Waals surface area contributed by atoms with Gasteiger partial charge in [-0.3, -0.25) is 9.59 Å². The summed E-state index contributed by atoms with van der Waals surface area (Å²) in [6.45, 7) is 9.87. The van der Waals surface area contributed by atoms with Crippen LogP contribution in [0.5, 0.6) is 5.75 Å². The number of amides is 2. The quantitative estimate of drug-likeness (QED) is 0.853. The standard InChI is InChI=1S/C21H26N2O3/c1-6-26-19-9-7-18(8-10-19)22-20(25)13-23(17(5)24)21-15(3)11-14(2)12-16(21)4/h7-12H,6,13H2,1-5H3,(H,22,25). The van der Waals surface area contributed by atoms with E-state index in [1.54, 1.807) is 24.3 Å². The predicted octanol–water partition coefficient (Wildman–Crippen LogP) is 4.00. The third kappa shape index (κ3) is 4.85. The average molecular weight is 354 g/mol. The van der Waals surface area contributed by atoms with Gasteiger partial charge in [0.05, 0.1) is 12.3 Å². The Morgan fingerprint density at radius 2 is 1.62 bits per heavy atom. The minimum Gasteiger partial charge on any atom is -0.494 e. The normalized spacial score (nSPS) is 10.3. The van der Waals surface area contributed by atoms with Gasteiger partial charge >= 0.3 is 0 Å². The fourth-order valence-electron chi connectivity index (χ4n) is 3.09. The maximum atomic E-state index is 12.5. The fraction of sp³-hybridized carbons (Fsp3) is 0.333. The number of carbonyl (C=O) groups is 2. The van der Waals surface area contributed by atoms with Gasteiger partial charge in [0.15, 0.2) is 0 Å². The van der Waals surface area contributed by atoms with E-state index in [1.807, 2.05) is 39.8 Å². The minimum atomic E-state index is -0.247. The summed E-state index contributed by atoms with van der Waals surface area (Å²) in [4.78, 5) is 26.2. The van der Waals surface area contributed by atoms with Gasteiger partial charge in [-0.15, -0.1) is 0 Å². The van der Waals surface area contributed by atoms with Gasteiger partial charge in [0.1, 0.15) is 12.3 Å². The van der Waals surface area contributed by atoms with E-state index in [0.29, 0.717) is 12.3 Å². The van der Waals surface area contributed by atoms with Crippen molar-refractivity contribution >= 4 is 23.2 Å². The van der Waals surface area contributed by atoms with E-state index >= 15 is 0 Å². The van der Waals surface area contributed by atoms with Crippen LogP contribution in [0.15, 0.2) is 36.4 Å². The van der Waals surface area contributed by atoms with Crippen molar-refractivity contribution in [1.82, 2.24) is 0 Å². The molecule has 138 valence electrons. The molecule has 26 heavy (non-hydrogen) atoms. The number of carbonyl (C=O) groups excluding carboxylic acids is 2. The van der Waals surface area contributed by atoms with E-state index in [1.165, 1.54) is 11.8 Å². The van der Waals surface area contributed by atoms with Gasteiger partial charge in [-0.1, -0.05) is 17.7 Å². The maximum Gasteiger partial charge on any atom is 0.244 e. The Balaban J connectivity index is 2.15. The number of anilines is 2. The first kappa shape index (κ1) is 19.5. The second kappa shape index (κ2) is 8.52. The van der Waals surface area contributed by atoms with Crippen LogP contribution in [0.1, 0.15) is 30.5 Å². The number of nitrogens with one attached hydrogen (secondary N) is 1. The second-order valence-corrected chi connectivity index (χ2v) is 6.36. The lowest BCUT2D eigenvalue weighted by atomic mass is 10.0. The molecular weight excluding hydrogens is 328 g/mol. The van der Waals surface area contributed by atoms with Gasteiger partial charge in [-0.05, 0) is 63.1 Å². The third-order valence-corrected chi connectivity index (χ3v) is 4.04. The predicted molar refractivity (Wildman–Crippen MR) is 105 cm³/mol. The summed E-state index contributed by atoms with van der Waals surface area (Å²) in [5, 5.41) is 2.83. The Hall–Kier alpha value is -2.82. The molecule has 2 aromatic carbocycles. The first-order chi connectivity index (χ1) is 12.3. The molecule has 0 spiro atoms. The van der Waals surface area contributed by atoms with E-state index < -0.39 is 0 Å². The Labute approximate surface area is 155 Å². The highest BCUT2D eigenvalue weighted by Gasteiger charge is 2.20. The molecule has 0 unspecified atom stereocenters. The van der Waals surface area contributed by atoms with Gasteiger partial charge < -0.3 is 15.0 Å². The van der Waals surface area contributed by atoms with Crippen LogP contribution in [0.2, 0.25) is 0 Å². The SMILES string of the molecule is CCOc1ccc(NC(=O)CN(C(C)=O)c2c(C)cc(C)cc2C)cc1. The monoisotopic (exact) mass is 354 g/mol. The number of rotatable bonds is 6. The van der Waals surface area contributed by atoms with E-state index in [0.717, 1.165) is 28.1 Å². The molecule has 0 bridgehead atoms. The van der Waals surface area contributed by atoms with Gasteiger partial charge in [0.25, 0.3) is 0 Å². The summed E-state index contributed by atoms with van der Waals surface area (Å²) >= 11 is 0. The van der Waals surface area contributed by atoms with Crippen LogP contribution in [0, 0.1) is 20.8 Å². The molecule has 0 aliphatic heterocycles. The molecule has 0 radical (unpaired) electrons. The zero-order chi connectivity index (χ0) is 19.3. The molecule has 2 aromatic rings. The van der Waals surface area contributed by atoms with Crippen molar-refractivity contribution in [2.75, 3.05) is 23.4 Å². The van der Waals surface area contributed by atoms with Gasteiger partial charge in [-0.25, -0.2) is 0 Å². The van der Waals surface area contributed by atoms with Crippen LogP contribution in [-0.4, -0.2) is 25.0 Å². The number of ether oxygens (including phenoxy) is 1. The van der Waals surface area contributed by atoms with Crippen LogP contribution < -0.4 is 15.0 Å². The van der Waals surface area contributed by atoms with Crippen molar-refractivity contribution in [3.8, 4) is 5.75 Å². The summed E-state index contributed by atoms with van der Waals surface area (Å²) in [7, 11) is 0. The van der Waals surface area contributed by atoms with Crippen LogP contribution >= 0.6 is 0 Å². The van der Waals surface area contributed by atoms with Crippen molar-refractivity contribution in [1.29, 1.82) is 0 Å². The molecular formula is C21H26N2O3. The number of nitrogens with zero attached hydrogens (tertiary/aromatic N) is 1. The Morgan fingerprint density at radius 1 is 1.04 bits per heavy atom. The van der Waals surface area contributed by atoms with Gasteiger partial charge in [0, 0.05) is 12.6 Å². The summed E-state index contributed by atoms with van der Waals surface area (Å²) < 4.78 is 5.39. The third-order valence-electron chi connectivity index (χ3n) is 4.04. The lowest BCUT2D eigenvalue weighted by Gasteiger charge is -2.25. The molecule has 5 heteroatoms. The van der Waals surface area contributed by atoms with Crippen LogP contribution in [0.25, 0.3) is 0 Å². The van der Waals surface area contributed by atoms with Gasteiger partial charge in [0.2, 0.25) is 11.8 Å². The lowest BCUT2D eigenvalue weighted by molar-refractivity contribution is -0.120. The fourth-order valence-corrected chi connectivity index (χ4v) is 3.09. The van der Waals surface area contributed by atoms with Crippen molar-refractivity contribution in [2.45, 2.75) is 34.6 Å². The van der Waals surface area contributed by atoms with E-state index in [2.05, 4.69) is 5.32 Å². The molecule has 0 aliphatic rings. The van der Waals surface area contributed by atoms with Crippen molar-refractivity contribution in [3.05, 3.63) is 53.1 Å². The number of hydrogen-bond donors (Lipinski definition) is 1. The highest BCUT2D eigenvalue weighted by Crippen LogP contribution is 2.26. The van der Waals surface area contributed by atoms with Crippen molar-refractivity contribution < 1.29 is 14.3 Å². The molecule has 0 fully saturated rings. The molecule has 0 saturated heterocycles. The summed E-state index contributed by atoms with van der Waals surface area (Å²) in [6.07, 6.45) is 0. The molecule has 0 saturated carbocycles. The highest BCUT2D eigenvalue weighted by molar-refractivity contribution is 6.02. The number of benzene rings is 2. The molecule has 0 heterocycles. The number of hydrogen-bond acceptors (Lipinski definition) is 3. The topological polar surface area (TPSA) is 58.6 Å². The molecule has 5 nitrogen and oxygen atoms in total. The molecule has 0 aliphatic carbocycles. The first-order valence-electron chi connectivity index (χ1n) is 8.70. The summed E-state index contributed by atoms with van der Waals surface area (Å²) in [5.41, 5.74) is 4.55. The Bertz CT molecular complexity index is 774. The average Bonchev–Trinajstić information content (AvgIpc) is 2.55. The zero-order valence-corrected chi connectivity index (χ0v) is 16.1. The lowest BCUT2D eigenvalue weighted by Crippen LogP contribution is -2.37. The molecule has 0 atom stereocenters. The van der Waals surface area contributed by atoms with Gasteiger partial charge in [-0.2, -0.15) is 0 Å². The smallest absolute Gasteiger partial charge is 0.244 e. The Morgan fingerprint density at radius 3 is 2.12 bits per heavy atom.